The summed E-state index contributed by atoms with van der Waals surface area (Å²) in [7, 11) is 4.19. The van der Waals surface area contributed by atoms with E-state index in [0.717, 1.165) is 31.9 Å². The van der Waals surface area contributed by atoms with E-state index in [2.05, 4.69) is 48.0 Å². The van der Waals surface area contributed by atoms with Gasteiger partial charge in [0, 0.05) is 38.4 Å². The summed E-state index contributed by atoms with van der Waals surface area (Å²) in [5.74, 6) is -0.296. The van der Waals surface area contributed by atoms with Gasteiger partial charge in [0.25, 0.3) is 0 Å². The van der Waals surface area contributed by atoms with Gasteiger partial charge in [-0.2, -0.15) is 0 Å². The van der Waals surface area contributed by atoms with Crippen molar-refractivity contribution in [2.75, 3.05) is 46.9 Å². The van der Waals surface area contributed by atoms with Gasteiger partial charge in [-0.3, -0.25) is 9.88 Å². The molecule has 1 unspecified atom stereocenters. The van der Waals surface area contributed by atoms with Crippen LogP contribution in [0.1, 0.15) is 36.8 Å². The molecule has 1 rings (SSSR count). The van der Waals surface area contributed by atoms with Crippen molar-refractivity contribution in [3.8, 4) is 0 Å². The predicted molar refractivity (Wildman–Crippen MR) is 97.2 cm³/mol. The fraction of sp³-hybridized carbons (Fsp3) is 0.667. The fourth-order valence-electron chi connectivity index (χ4n) is 2.47. The van der Waals surface area contributed by atoms with E-state index < -0.39 is 0 Å². The zero-order valence-electron chi connectivity index (χ0n) is 15.7. The minimum absolute atomic E-state index is 0.296. The summed E-state index contributed by atoms with van der Waals surface area (Å²) in [5, 5.41) is 3.43. The van der Waals surface area contributed by atoms with Gasteiger partial charge in [0.2, 0.25) is 0 Å². The molecule has 0 spiro atoms. The Hall–Kier alpha value is -1.50. The van der Waals surface area contributed by atoms with Crippen LogP contribution in [-0.2, 0) is 11.3 Å². The largest absolute Gasteiger partial charge is 0.462 e. The highest BCUT2D eigenvalue weighted by Crippen LogP contribution is 2.04. The lowest BCUT2D eigenvalue weighted by Gasteiger charge is -2.29. The van der Waals surface area contributed by atoms with Crippen LogP contribution in [0.25, 0.3) is 0 Å². The first-order chi connectivity index (χ1) is 11.5. The number of esters is 1. The Balaban J connectivity index is 2.45. The standard InChI is InChI=1S/C18H32N4O2/c1-6-22(11-10-21(4)5)15(3)13-19-14-17-12-16(8-9-20-17)18(23)24-7-2/h8-9,12,15,19H,6-7,10-11,13-14H2,1-5H3. The molecule has 1 aromatic heterocycles. The summed E-state index contributed by atoms with van der Waals surface area (Å²) < 4.78 is 5.02. The SMILES string of the molecule is CCOC(=O)c1ccnc(CNCC(C)N(CC)CCN(C)C)c1. The van der Waals surface area contributed by atoms with Gasteiger partial charge in [0.15, 0.2) is 0 Å². The van der Waals surface area contributed by atoms with Gasteiger partial charge in [0.05, 0.1) is 17.9 Å². The van der Waals surface area contributed by atoms with Gasteiger partial charge < -0.3 is 15.0 Å². The number of ether oxygens (including phenoxy) is 1. The molecule has 1 heterocycles. The van der Waals surface area contributed by atoms with Gasteiger partial charge in [-0.25, -0.2) is 4.79 Å². The Morgan fingerprint density at radius 2 is 2.08 bits per heavy atom. The van der Waals surface area contributed by atoms with Crippen LogP contribution in [0.3, 0.4) is 0 Å². The van der Waals surface area contributed by atoms with E-state index >= 15 is 0 Å². The molecule has 0 aliphatic heterocycles. The van der Waals surface area contributed by atoms with E-state index in [-0.39, 0.29) is 5.97 Å². The minimum Gasteiger partial charge on any atom is -0.462 e. The molecule has 1 aromatic rings. The van der Waals surface area contributed by atoms with E-state index in [4.69, 9.17) is 4.74 Å². The zero-order valence-corrected chi connectivity index (χ0v) is 15.7. The number of likely N-dealkylation sites (N-methyl/N-ethyl adjacent to an activating group) is 2. The minimum atomic E-state index is -0.296. The molecule has 1 atom stereocenters. The number of hydrogen-bond acceptors (Lipinski definition) is 6. The molecule has 24 heavy (non-hydrogen) atoms. The van der Waals surface area contributed by atoms with E-state index in [0.29, 0.717) is 24.8 Å². The lowest BCUT2D eigenvalue weighted by atomic mass is 10.2. The van der Waals surface area contributed by atoms with Crippen molar-refractivity contribution in [3.05, 3.63) is 29.6 Å². The van der Waals surface area contributed by atoms with Crippen molar-refractivity contribution in [1.29, 1.82) is 0 Å². The summed E-state index contributed by atoms with van der Waals surface area (Å²) in [6.07, 6.45) is 1.65. The lowest BCUT2D eigenvalue weighted by Crippen LogP contribution is -2.43. The van der Waals surface area contributed by atoms with Crippen molar-refractivity contribution < 1.29 is 9.53 Å². The van der Waals surface area contributed by atoms with Crippen LogP contribution in [0.15, 0.2) is 18.3 Å². The maximum Gasteiger partial charge on any atom is 0.338 e. The monoisotopic (exact) mass is 336 g/mol. The van der Waals surface area contributed by atoms with Crippen molar-refractivity contribution in [2.24, 2.45) is 0 Å². The Morgan fingerprint density at radius 1 is 1.33 bits per heavy atom. The first-order valence-corrected chi connectivity index (χ1v) is 8.69. The van der Waals surface area contributed by atoms with Crippen LogP contribution < -0.4 is 5.32 Å². The van der Waals surface area contributed by atoms with Crippen LogP contribution in [0.2, 0.25) is 0 Å². The number of pyridine rings is 1. The number of carbonyl (C=O) groups excluding carboxylic acids is 1. The van der Waals surface area contributed by atoms with Crippen LogP contribution in [0.4, 0.5) is 0 Å². The molecule has 1 N–H and O–H groups in total. The molecule has 0 aliphatic rings. The van der Waals surface area contributed by atoms with E-state index in [9.17, 15) is 4.79 Å². The molecule has 6 heteroatoms. The predicted octanol–water partition coefficient (Wildman–Crippen LogP) is 1.62. The topological polar surface area (TPSA) is 57.7 Å². The third kappa shape index (κ3) is 7.38. The molecule has 0 amide bonds. The lowest BCUT2D eigenvalue weighted by molar-refractivity contribution is 0.0526. The van der Waals surface area contributed by atoms with E-state index in [1.165, 1.54) is 0 Å². The molecular weight excluding hydrogens is 304 g/mol. The van der Waals surface area contributed by atoms with Crippen LogP contribution >= 0.6 is 0 Å². The molecule has 0 radical (unpaired) electrons. The van der Waals surface area contributed by atoms with E-state index in [1.807, 2.05) is 0 Å². The third-order valence-corrected chi connectivity index (χ3v) is 3.94. The van der Waals surface area contributed by atoms with Crippen molar-refractivity contribution in [3.63, 3.8) is 0 Å². The maximum atomic E-state index is 11.8. The molecule has 6 nitrogen and oxygen atoms in total. The number of rotatable bonds is 11. The summed E-state index contributed by atoms with van der Waals surface area (Å²) in [5.41, 5.74) is 1.40. The summed E-state index contributed by atoms with van der Waals surface area (Å²) in [4.78, 5) is 20.7. The van der Waals surface area contributed by atoms with E-state index in [1.54, 1.807) is 25.3 Å². The molecule has 0 saturated heterocycles. The Morgan fingerprint density at radius 3 is 2.71 bits per heavy atom. The Labute approximate surface area is 146 Å². The first-order valence-electron chi connectivity index (χ1n) is 8.69. The smallest absolute Gasteiger partial charge is 0.338 e. The van der Waals surface area contributed by atoms with Crippen molar-refractivity contribution >= 4 is 5.97 Å². The molecule has 0 aromatic carbocycles. The average molecular weight is 336 g/mol. The van der Waals surface area contributed by atoms with Gasteiger partial charge in [-0.05, 0) is 46.6 Å². The van der Waals surface area contributed by atoms with Crippen molar-refractivity contribution in [2.45, 2.75) is 33.4 Å². The highest BCUT2D eigenvalue weighted by atomic mass is 16.5. The molecule has 0 saturated carbocycles. The molecular formula is C18H32N4O2. The second-order valence-electron chi connectivity index (χ2n) is 6.17. The number of carbonyl (C=O) groups is 1. The van der Waals surface area contributed by atoms with Gasteiger partial charge in [-0.1, -0.05) is 6.92 Å². The average Bonchev–Trinajstić information content (AvgIpc) is 2.55. The fourth-order valence-corrected chi connectivity index (χ4v) is 2.47. The summed E-state index contributed by atoms with van der Waals surface area (Å²) in [6, 6.07) is 3.92. The molecule has 0 fully saturated rings. The quantitative estimate of drug-likeness (QED) is 0.620. The highest BCUT2D eigenvalue weighted by molar-refractivity contribution is 5.89. The first kappa shape index (κ1) is 20.5. The molecule has 0 aliphatic carbocycles. The highest BCUT2D eigenvalue weighted by Gasteiger charge is 2.12. The number of nitrogens with zero attached hydrogens (tertiary/aromatic N) is 3. The number of nitrogens with one attached hydrogen (secondary N) is 1. The number of aromatic nitrogens is 1. The zero-order chi connectivity index (χ0) is 17.9. The Kier molecular flexibility index (Phi) is 9.52. The third-order valence-electron chi connectivity index (χ3n) is 3.94. The van der Waals surface area contributed by atoms with Crippen molar-refractivity contribution in [1.82, 2.24) is 20.1 Å². The second-order valence-corrected chi connectivity index (χ2v) is 6.17. The Bertz CT molecular complexity index is 494. The van der Waals surface area contributed by atoms with Crippen LogP contribution in [-0.4, -0.2) is 73.7 Å². The normalized spacial score (nSPS) is 12.6. The second kappa shape index (κ2) is 11.1. The van der Waals surface area contributed by atoms with Crippen LogP contribution in [0, 0.1) is 0 Å². The molecule has 0 bridgehead atoms. The summed E-state index contributed by atoms with van der Waals surface area (Å²) in [6.45, 7) is 11.3. The molecule has 136 valence electrons. The number of hydrogen-bond donors (Lipinski definition) is 1. The van der Waals surface area contributed by atoms with Crippen LogP contribution in [0.5, 0.6) is 0 Å². The maximum absolute atomic E-state index is 11.8. The summed E-state index contributed by atoms with van der Waals surface area (Å²) >= 11 is 0. The van der Waals surface area contributed by atoms with Gasteiger partial charge in [-0.15, -0.1) is 0 Å². The van der Waals surface area contributed by atoms with Gasteiger partial charge in [0.1, 0.15) is 0 Å². The van der Waals surface area contributed by atoms with Gasteiger partial charge >= 0.3 is 5.97 Å².